The first-order valence-corrected chi connectivity index (χ1v) is 11.9. The zero-order valence-corrected chi connectivity index (χ0v) is 20.5. The van der Waals surface area contributed by atoms with Gasteiger partial charge in [-0.3, -0.25) is 4.90 Å². The zero-order valence-electron chi connectivity index (χ0n) is 20.5. The van der Waals surface area contributed by atoms with E-state index in [-0.39, 0.29) is 17.9 Å². The van der Waals surface area contributed by atoms with Gasteiger partial charge in [0.05, 0.1) is 25.3 Å². The van der Waals surface area contributed by atoms with E-state index in [2.05, 4.69) is 0 Å². The third-order valence-electron chi connectivity index (χ3n) is 5.84. The Morgan fingerprint density at radius 3 is 2.23 bits per heavy atom. The third kappa shape index (κ3) is 6.76. The third-order valence-corrected chi connectivity index (χ3v) is 5.84. The van der Waals surface area contributed by atoms with Crippen molar-refractivity contribution in [2.75, 3.05) is 6.54 Å². The molecule has 1 amide bonds. The summed E-state index contributed by atoms with van der Waals surface area (Å²) in [5.41, 5.74) is 1.31. The number of ether oxygens (including phenoxy) is 3. The van der Waals surface area contributed by atoms with E-state index < -0.39 is 17.8 Å². The molecule has 6 nitrogen and oxygen atoms in total. The number of aromatic hydroxyl groups is 1. The van der Waals surface area contributed by atoms with Gasteiger partial charge in [0, 0.05) is 0 Å². The molecule has 3 aromatic rings. The van der Waals surface area contributed by atoms with Crippen molar-refractivity contribution >= 4 is 6.09 Å². The summed E-state index contributed by atoms with van der Waals surface area (Å²) in [6.45, 7) is 6.44. The summed E-state index contributed by atoms with van der Waals surface area (Å²) in [5, 5.41) is 9.84. The van der Waals surface area contributed by atoms with Gasteiger partial charge in [0.15, 0.2) is 0 Å². The maximum absolute atomic E-state index is 13.3. The number of para-hydroxylation sites is 1. The summed E-state index contributed by atoms with van der Waals surface area (Å²) in [6, 6.07) is 26.1. The molecule has 6 heteroatoms. The number of amides is 1. The normalized spacial score (nSPS) is 18.8. The van der Waals surface area contributed by atoms with Crippen molar-refractivity contribution in [3.8, 4) is 11.5 Å². The number of carbonyl (C=O) groups is 1. The highest BCUT2D eigenvalue weighted by Crippen LogP contribution is 2.36. The van der Waals surface area contributed by atoms with Crippen molar-refractivity contribution in [3.05, 3.63) is 96.1 Å². The lowest BCUT2D eigenvalue weighted by Crippen LogP contribution is -2.43. The summed E-state index contributed by atoms with van der Waals surface area (Å²) in [7, 11) is 0. The van der Waals surface area contributed by atoms with Gasteiger partial charge in [-0.05, 0) is 62.6 Å². The van der Waals surface area contributed by atoms with Crippen LogP contribution in [0.15, 0.2) is 84.9 Å². The number of nitrogens with zero attached hydrogens (tertiary/aromatic N) is 1. The van der Waals surface area contributed by atoms with Crippen molar-refractivity contribution in [2.24, 2.45) is 0 Å². The predicted octanol–water partition coefficient (Wildman–Crippen LogP) is 6.11. The summed E-state index contributed by atoms with van der Waals surface area (Å²) < 4.78 is 18.5. The molecule has 184 valence electrons. The monoisotopic (exact) mass is 475 g/mol. The Hall–Kier alpha value is -3.51. The van der Waals surface area contributed by atoms with Crippen LogP contribution in [0.2, 0.25) is 0 Å². The van der Waals surface area contributed by atoms with Gasteiger partial charge in [0.25, 0.3) is 0 Å². The first-order chi connectivity index (χ1) is 16.8. The molecule has 0 radical (unpaired) electrons. The van der Waals surface area contributed by atoms with E-state index >= 15 is 0 Å². The smallest absolute Gasteiger partial charge is 0.410 e. The SMILES string of the molecule is CC(C)(C)OC(=O)N1CC(OCc2ccccc2)CC1C(Oc1ccccc1)c1ccc(O)cc1. The molecule has 3 atom stereocenters. The number of rotatable bonds is 7. The van der Waals surface area contributed by atoms with Crippen molar-refractivity contribution in [1.29, 1.82) is 0 Å². The molecular weight excluding hydrogens is 442 g/mol. The Morgan fingerprint density at radius 1 is 0.971 bits per heavy atom. The molecule has 4 rings (SSSR count). The Kier molecular flexibility index (Phi) is 7.61. The fraction of sp³-hybridized carbons (Fsp3) is 0.345. The molecule has 1 aliphatic heterocycles. The average Bonchev–Trinajstić information content (AvgIpc) is 3.26. The highest BCUT2D eigenvalue weighted by Gasteiger charge is 2.43. The maximum Gasteiger partial charge on any atom is 0.410 e. The van der Waals surface area contributed by atoms with E-state index in [4.69, 9.17) is 14.2 Å². The number of carbonyl (C=O) groups excluding carboxylic acids is 1. The molecule has 3 unspecified atom stereocenters. The minimum absolute atomic E-state index is 0.173. The molecule has 3 aromatic carbocycles. The van der Waals surface area contributed by atoms with E-state index in [1.165, 1.54) is 0 Å². The van der Waals surface area contributed by atoms with Crippen LogP contribution in [0.5, 0.6) is 11.5 Å². The molecule has 1 fully saturated rings. The molecule has 1 heterocycles. The van der Waals surface area contributed by atoms with Crippen LogP contribution in [0.1, 0.15) is 44.4 Å². The van der Waals surface area contributed by atoms with E-state index in [9.17, 15) is 9.90 Å². The average molecular weight is 476 g/mol. The highest BCUT2D eigenvalue weighted by atomic mass is 16.6. The summed E-state index contributed by atoms with van der Waals surface area (Å²) in [5.74, 6) is 0.870. The van der Waals surface area contributed by atoms with Crippen molar-refractivity contribution in [2.45, 2.75) is 57.6 Å². The molecular formula is C29H33NO5. The van der Waals surface area contributed by atoms with Gasteiger partial charge in [-0.2, -0.15) is 0 Å². The van der Waals surface area contributed by atoms with Crippen LogP contribution < -0.4 is 4.74 Å². The summed E-state index contributed by atoms with van der Waals surface area (Å²) in [6.07, 6.45) is -0.457. The molecule has 0 aromatic heterocycles. The van der Waals surface area contributed by atoms with Crippen LogP contribution in [0, 0.1) is 0 Å². The van der Waals surface area contributed by atoms with Crippen LogP contribution in [-0.2, 0) is 16.1 Å². The Morgan fingerprint density at radius 2 is 1.60 bits per heavy atom. The number of hydrogen-bond acceptors (Lipinski definition) is 5. The second-order valence-electron chi connectivity index (χ2n) is 9.80. The second kappa shape index (κ2) is 10.8. The van der Waals surface area contributed by atoms with Crippen LogP contribution in [0.4, 0.5) is 4.79 Å². The van der Waals surface area contributed by atoms with Crippen molar-refractivity contribution in [1.82, 2.24) is 4.90 Å². The van der Waals surface area contributed by atoms with Crippen LogP contribution in [0.3, 0.4) is 0 Å². The first kappa shape index (κ1) is 24.6. The number of likely N-dealkylation sites (tertiary alicyclic amines) is 1. The fourth-order valence-corrected chi connectivity index (χ4v) is 4.23. The van der Waals surface area contributed by atoms with Crippen molar-refractivity contribution < 1.29 is 24.1 Å². The molecule has 1 aliphatic rings. The number of benzene rings is 3. The standard InChI is InChI=1S/C29H33NO5/c1-29(2,3)35-28(32)30-19-25(33-20-21-10-6-4-7-11-21)18-26(30)27(22-14-16-23(31)17-15-22)34-24-12-8-5-9-13-24/h4-17,25-27,31H,18-20H2,1-3H3. The maximum atomic E-state index is 13.3. The molecule has 1 N–H and O–H groups in total. The van der Waals surface area contributed by atoms with E-state index in [1.54, 1.807) is 17.0 Å². The summed E-state index contributed by atoms with van der Waals surface area (Å²) in [4.78, 5) is 15.0. The minimum atomic E-state index is -0.626. The van der Waals surface area contributed by atoms with E-state index in [0.717, 1.165) is 11.1 Å². The van der Waals surface area contributed by atoms with Gasteiger partial charge in [0.1, 0.15) is 23.2 Å². The number of hydrogen-bond donors (Lipinski definition) is 1. The summed E-state index contributed by atoms with van der Waals surface area (Å²) >= 11 is 0. The topological polar surface area (TPSA) is 68.2 Å². The van der Waals surface area contributed by atoms with Gasteiger partial charge in [-0.25, -0.2) is 4.79 Å². The molecule has 0 bridgehead atoms. The minimum Gasteiger partial charge on any atom is -0.508 e. The van der Waals surface area contributed by atoms with Crippen LogP contribution >= 0.6 is 0 Å². The lowest BCUT2D eigenvalue weighted by Gasteiger charge is -2.33. The number of phenols is 1. The van der Waals surface area contributed by atoms with Gasteiger partial charge in [0.2, 0.25) is 0 Å². The first-order valence-electron chi connectivity index (χ1n) is 11.9. The lowest BCUT2D eigenvalue weighted by molar-refractivity contribution is 0.00607. The predicted molar refractivity (Wildman–Crippen MR) is 134 cm³/mol. The Labute approximate surface area is 207 Å². The Balaban J connectivity index is 1.62. The lowest BCUT2D eigenvalue weighted by atomic mass is 9.99. The van der Waals surface area contributed by atoms with Crippen LogP contribution in [0.25, 0.3) is 0 Å². The zero-order chi connectivity index (χ0) is 24.8. The van der Waals surface area contributed by atoms with Gasteiger partial charge < -0.3 is 19.3 Å². The largest absolute Gasteiger partial charge is 0.508 e. The van der Waals surface area contributed by atoms with Gasteiger partial charge in [-0.1, -0.05) is 60.7 Å². The second-order valence-corrected chi connectivity index (χ2v) is 9.80. The fourth-order valence-electron chi connectivity index (χ4n) is 4.23. The Bertz CT molecular complexity index is 1080. The molecule has 0 spiro atoms. The molecule has 0 saturated carbocycles. The number of phenolic OH excluding ortho intramolecular Hbond substituents is 1. The van der Waals surface area contributed by atoms with Crippen LogP contribution in [-0.4, -0.2) is 40.4 Å². The van der Waals surface area contributed by atoms with Gasteiger partial charge in [-0.15, -0.1) is 0 Å². The highest BCUT2D eigenvalue weighted by molar-refractivity contribution is 5.69. The van der Waals surface area contributed by atoms with Gasteiger partial charge >= 0.3 is 6.09 Å². The molecule has 35 heavy (non-hydrogen) atoms. The molecule has 1 saturated heterocycles. The molecule has 0 aliphatic carbocycles. The quantitative estimate of drug-likeness (QED) is 0.447. The van der Waals surface area contributed by atoms with Crippen molar-refractivity contribution in [3.63, 3.8) is 0 Å². The van der Waals surface area contributed by atoms with E-state index in [1.807, 2.05) is 93.6 Å². The van der Waals surface area contributed by atoms with E-state index in [0.29, 0.717) is 25.3 Å².